The van der Waals surface area contributed by atoms with Crippen molar-refractivity contribution in [2.24, 2.45) is 0 Å². The Kier molecular flexibility index (Phi) is 4.84. The van der Waals surface area contributed by atoms with E-state index in [2.05, 4.69) is 50.8 Å². The smallest absolute Gasteiger partial charge is 0.0919 e. The fourth-order valence-corrected chi connectivity index (χ4v) is 2.59. The third-order valence-electron chi connectivity index (χ3n) is 4.04. The summed E-state index contributed by atoms with van der Waals surface area (Å²) >= 11 is 0. The van der Waals surface area contributed by atoms with Crippen molar-refractivity contribution in [1.82, 2.24) is 4.90 Å². The van der Waals surface area contributed by atoms with Crippen LogP contribution in [0.3, 0.4) is 0 Å². The minimum atomic E-state index is -0.421. The molecule has 0 aromatic heterocycles. The van der Waals surface area contributed by atoms with Crippen LogP contribution < -0.4 is 0 Å². The first-order valence-corrected chi connectivity index (χ1v) is 7.47. The zero-order chi connectivity index (χ0) is 14.8. The van der Waals surface area contributed by atoms with Gasteiger partial charge in [0.1, 0.15) is 0 Å². The van der Waals surface area contributed by atoms with Gasteiger partial charge in [0, 0.05) is 19.6 Å². The molecular weight excluding hydrogens is 250 g/mol. The van der Waals surface area contributed by atoms with Gasteiger partial charge in [-0.25, -0.2) is 0 Å². The standard InChI is InChI=1S/C17H27NO2/c1-13-5-6-14(17(2,3)4)11-15(13)16(19)12-18-7-9-20-10-8-18/h5-6,11,16,19H,7-10,12H2,1-4H3. The second-order valence-corrected chi connectivity index (χ2v) is 6.75. The molecule has 0 bridgehead atoms. The fourth-order valence-electron chi connectivity index (χ4n) is 2.59. The Morgan fingerprint density at radius 2 is 1.90 bits per heavy atom. The monoisotopic (exact) mass is 277 g/mol. The van der Waals surface area contributed by atoms with Crippen LogP contribution in [-0.4, -0.2) is 42.9 Å². The summed E-state index contributed by atoms with van der Waals surface area (Å²) in [4.78, 5) is 2.28. The van der Waals surface area contributed by atoms with Gasteiger partial charge in [0.15, 0.2) is 0 Å². The highest BCUT2D eigenvalue weighted by Gasteiger charge is 2.20. The van der Waals surface area contributed by atoms with Gasteiger partial charge < -0.3 is 9.84 Å². The van der Waals surface area contributed by atoms with Crippen molar-refractivity contribution >= 4 is 0 Å². The van der Waals surface area contributed by atoms with E-state index in [0.29, 0.717) is 6.54 Å². The highest BCUT2D eigenvalue weighted by Crippen LogP contribution is 2.27. The van der Waals surface area contributed by atoms with Crippen molar-refractivity contribution in [3.8, 4) is 0 Å². The minimum Gasteiger partial charge on any atom is -0.387 e. The number of aliphatic hydroxyl groups excluding tert-OH is 1. The number of benzene rings is 1. The van der Waals surface area contributed by atoms with Crippen LogP contribution in [0.2, 0.25) is 0 Å². The first-order chi connectivity index (χ1) is 9.38. The van der Waals surface area contributed by atoms with Crippen molar-refractivity contribution in [2.45, 2.75) is 39.2 Å². The zero-order valence-electron chi connectivity index (χ0n) is 13.1. The number of β-amino-alcohol motifs (C(OH)–C–C–N with tert-alkyl or cyclic N) is 1. The molecule has 0 saturated carbocycles. The van der Waals surface area contributed by atoms with E-state index in [1.54, 1.807) is 0 Å². The minimum absolute atomic E-state index is 0.112. The Morgan fingerprint density at radius 3 is 2.50 bits per heavy atom. The van der Waals surface area contributed by atoms with Crippen molar-refractivity contribution in [2.75, 3.05) is 32.8 Å². The molecule has 20 heavy (non-hydrogen) atoms. The van der Waals surface area contributed by atoms with Gasteiger partial charge in [0.05, 0.1) is 19.3 Å². The number of hydrogen-bond acceptors (Lipinski definition) is 3. The molecule has 0 radical (unpaired) electrons. The normalized spacial score (nSPS) is 19.1. The van der Waals surface area contributed by atoms with Gasteiger partial charge in [-0.1, -0.05) is 39.0 Å². The summed E-state index contributed by atoms with van der Waals surface area (Å²) in [6.07, 6.45) is -0.421. The van der Waals surface area contributed by atoms with E-state index in [9.17, 15) is 5.11 Å². The van der Waals surface area contributed by atoms with E-state index in [1.165, 1.54) is 11.1 Å². The molecule has 112 valence electrons. The number of nitrogens with zero attached hydrogens (tertiary/aromatic N) is 1. The van der Waals surface area contributed by atoms with E-state index in [1.807, 2.05) is 0 Å². The summed E-state index contributed by atoms with van der Waals surface area (Å²) in [7, 11) is 0. The first kappa shape index (κ1) is 15.5. The van der Waals surface area contributed by atoms with E-state index in [4.69, 9.17) is 4.74 Å². The summed E-state index contributed by atoms with van der Waals surface area (Å²) in [5.41, 5.74) is 3.61. The fraction of sp³-hybridized carbons (Fsp3) is 0.647. The Bertz CT molecular complexity index is 445. The Balaban J connectivity index is 2.13. The second kappa shape index (κ2) is 6.25. The summed E-state index contributed by atoms with van der Waals surface area (Å²) in [6, 6.07) is 6.46. The maximum atomic E-state index is 10.6. The molecule has 1 heterocycles. The van der Waals surface area contributed by atoms with E-state index >= 15 is 0 Å². The van der Waals surface area contributed by atoms with Crippen LogP contribution in [0.5, 0.6) is 0 Å². The molecule has 0 aliphatic carbocycles. The van der Waals surface area contributed by atoms with Crippen LogP contribution in [0.1, 0.15) is 43.6 Å². The van der Waals surface area contributed by atoms with Crippen LogP contribution in [0.15, 0.2) is 18.2 Å². The van der Waals surface area contributed by atoms with Gasteiger partial charge in [0.2, 0.25) is 0 Å². The average molecular weight is 277 g/mol. The van der Waals surface area contributed by atoms with Crippen LogP contribution >= 0.6 is 0 Å². The third-order valence-corrected chi connectivity index (χ3v) is 4.04. The molecule has 1 saturated heterocycles. The van der Waals surface area contributed by atoms with Crippen molar-refractivity contribution in [3.63, 3.8) is 0 Å². The van der Waals surface area contributed by atoms with Gasteiger partial charge >= 0.3 is 0 Å². The number of aliphatic hydroxyl groups is 1. The van der Waals surface area contributed by atoms with Gasteiger partial charge in [-0.15, -0.1) is 0 Å². The maximum absolute atomic E-state index is 10.6. The van der Waals surface area contributed by atoms with Crippen LogP contribution in [0, 0.1) is 6.92 Å². The maximum Gasteiger partial charge on any atom is 0.0919 e. The van der Waals surface area contributed by atoms with E-state index in [0.717, 1.165) is 31.9 Å². The number of ether oxygens (including phenoxy) is 1. The summed E-state index contributed by atoms with van der Waals surface area (Å²) in [6.45, 7) is 12.7. The zero-order valence-corrected chi connectivity index (χ0v) is 13.1. The molecule has 1 aliphatic heterocycles. The molecule has 3 heteroatoms. The highest BCUT2D eigenvalue weighted by atomic mass is 16.5. The van der Waals surface area contributed by atoms with Gasteiger partial charge in [-0.05, 0) is 29.0 Å². The number of aryl methyl sites for hydroxylation is 1. The lowest BCUT2D eigenvalue weighted by molar-refractivity contribution is 0.0142. The van der Waals surface area contributed by atoms with Crippen LogP contribution in [0.4, 0.5) is 0 Å². The van der Waals surface area contributed by atoms with Crippen LogP contribution in [0.25, 0.3) is 0 Å². The number of morpholine rings is 1. The summed E-state index contributed by atoms with van der Waals surface area (Å²) in [5.74, 6) is 0. The van der Waals surface area contributed by atoms with Gasteiger partial charge in [-0.3, -0.25) is 4.90 Å². The summed E-state index contributed by atoms with van der Waals surface area (Å²) < 4.78 is 5.35. The number of hydrogen-bond donors (Lipinski definition) is 1. The SMILES string of the molecule is Cc1ccc(C(C)(C)C)cc1C(O)CN1CCOCC1. The average Bonchev–Trinajstić information content (AvgIpc) is 2.39. The lowest BCUT2D eigenvalue weighted by atomic mass is 9.84. The van der Waals surface area contributed by atoms with E-state index in [-0.39, 0.29) is 5.41 Å². The molecule has 0 spiro atoms. The van der Waals surface area contributed by atoms with Crippen molar-refractivity contribution < 1.29 is 9.84 Å². The molecule has 1 fully saturated rings. The first-order valence-electron chi connectivity index (χ1n) is 7.47. The topological polar surface area (TPSA) is 32.7 Å². The molecular formula is C17H27NO2. The lowest BCUT2D eigenvalue weighted by Gasteiger charge is -2.29. The predicted octanol–water partition coefficient (Wildman–Crippen LogP) is 2.66. The molecule has 1 N–H and O–H groups in total. The van der Waals surface area contributed by atoms with Crippen LogP contribution in [-0.2, 0) is 10.2 Å². The third kappa shape index (κ3) is 3.81. The highest BCUT2D eigenvalue weighted by molar-refractivity contribution is 5.36. The van der Waals surface area contributed by atoms with Crippen molar-refractivity contribution in [3.05, 3.63) is 34.9 Å². The van der Waals surface area contributed by atoms with Gasteiger partial charge in [-0.2, -0.15) is 0 Å². The Labute approximate surface area is 122 Å². The molecule has 1 aromatic carbocycles. The van der Waals surface area contributed by atoms with E-state index < -0.39 is 6.10 Å². The largest absolute Gasteiger partial charge is 0.387 e. The molecule has 1 aromatic rings. The molecule has 3 nitrogen and oxygen atoms in total. The molecule has 1 unspecified atom stereocenters. The second-order valence-electron chi connectivity index (χ2n) is 6.75. The van der Waals surface area contributed by atoms with Crippen molar-refractivity contribution in [1.29, 1.82) is 0 Å². The molecule has 0 amide bonds. The molecule has 1 aliphatic rings. The molecule has 1 atom stereocenters. The molecule has 2 rings (SSSR count). The quantitative estimate of drug-likeness (QED) is 0.922. The lowest BCUT2D eigenvalue weighted by Crippen LogP contribution is -2.39. The Hall–Kier alpha value is -0.900. The van der Waals surface area contributed by atoms with Gasteiger partial charge in [0.25, 0.3) is 0 Å². The predicted molar refractivity (Wildman–Crippen MR) is 82.1 cm³/mol. The Morgan fingerprint density at radius 1 is 1.25 bits per heavy atom. The summed E-state index contributed by atoms with van der Waals surface area (Å²) in [5, 5.41) is 10.6. The number of rotatable bonds is 3.